The van der Waals surface area contributed by atoms with Gasteiger partial charge in [0.05, 0.1) is 22.2 Å². The molecule has 2 aromatic rings. The highest BCUT2D eigenvalue weighted by molar-refractivity contribution is 7.17. The van der Waals surface area contributed by atoms with E-state index in [4.69, 9.17) is 28.9 Å². The molecular weight excluding hydrogens is 467 g/mol. The van der Waals surface area contributed by atoms with Crippen LogP contribution in [0.2, 0.25) is 10.0 Å². The van der Waals surface area contributed by atoms with Crippen LogP contribution in [0, 0.1) is 5.92 Å². The predicted molar refractivity (Wildman–Crippen MR) is 131 cm³/mol. The van der Waals surface area contributed by atoms with Crippen LogP contribution in [-0.4, -0.2) is 54.3 Å². The molecule has 1 fully saturated rings. The molecule has 4 rings (SSSR count). The second kappa shape index (κ2) is 10.1. The molecule has 6 nitrogen and oxygen atoms in total. The van der Waals surface area contributed by atoms with Crippen molar-refractivity contribution in [1.29, 1.82) is 0 Å². The van der Waals surface area contributed by atoms with Crippen molar-refractivity contribution in [2.24, 2.45) is 11.7 Å². The van der Waals surface area contributed by atoms with E-state index in [0.717, 1.165) is 63.1 Å². The molecule has 1 aliphatic carbocycles. The maximum atomic E-state index is 12.7. The standard InChI is InChI=1S/C23H28Cl2N4O2S/c1-14-2-4-16-19(10-14)32-23(21(16)22(26)31)27-20(30)13-29-8-6-28(7-9-29)12-15-3-5-17(24)18(25)11-15/h3,5,11,14H,2,4,6-10,12-13H2,1H3,(H2,26,31)(H,27,30)/t14-/m0/s1. The Kier molecular flexibility index (Phi) is 7.42. The van der Waals surface area contributed by atoms with Gasteiger partial charge in [-0.3, -0.25) is 19.4 Å². The second-order valence-corrected chi connectivity index (χ2v) is 10.7. The number of nitrogens with one attached hydrogen (secondary N) is 1. The van der Waals surface area contributed by atoms with Crippen molar-refractivity contribution in [3.8, 4) is 0 Å². The minimum Gasteiger partial charge on any atom is -0.365 e. The molecule has 0 saturated carbocycles. The highest BCUT2D eigenvalue weighted by Crippen LogP contribution is 2.39. The molecule has 0 spiro atoms. The van der Waals surface area contributed by atoms with Gasteiger partial charge in [-0.15, -0.1) is 11.3 Å². The molecule has 2 amide bonds. The van der Waals surface area contributed by atoms with Crippen LogP contribution in [0.15, 0.2) is 18.2 Å². The average Bonchev–Trinajstić information content (AvgIpc) is 3.09. The lowest BCUT2D eigenvalue weighted by Crippen LogP contribution is -2.48. The summed E-state index contributed by atoms with van der Waals surface area (Å²) in [7, 11) is 0. The summed E-state index contributed by atoms with van der Waals surface area (Å²) in [5.74, 6) is 0.0333. The van der Waals surface area contributed by atoms with E-state index >= 15 is 0 Å². The summed E-state index contributed by atoms with van der Waals surface area (Å²) < 4.78 is 0. The number of halogens is 2. The van der Waals surface area contributed by atoms with Gasteiger partial charge >= 0.3 is 0 Å². The van der Waals surface area contributed by atoms with Crippen molar-refractivity contribution in [3.63, 3.8) is 0 Å². The Morgan fingerprint density at radius 1 is 1.16 bits per heavy atom. The zero-order chi connectivity index (χ0) is 22.8. The lowest BCUT2D eigenvalue weighted by Gasteiger charge is -2.34. The zero-order valence-corrected chi connectivity index (χ0v) is 20.5. The maximum Gasteiger partial charge on any atom is 0.251 e. The molecule has 0 radical (unpaired) electrons. The van der Waals surface area contributed by atoms with E-state index in [1.54, 1.807) is 0 Å². The first-order valence-corrected chi connectivity index (χ1v) is 12.5. The highest BCUT2D eigenvalue weighted by atomic mass is 35.5. The Hall–Kier alpha value is -1.64. The first-order valence-electron chi connectivity index (χ1n) is 10.9. The number of piperazine rings is 1. The van der Waals surface area contributed by atoms with Crippen LogP contribution >= 0.6 is 34.5 Å². The van der Waals surface area contributed by atoms with E-state index < -0.39 is 5.91 Å². The molecule has 2 heterocycles. The van der Waals surface area contributed by atoms with Crippen molar-refractivity contribution < 1.29 is 9.59 Å². The van der Waals surface area contributed by atoms with E-state index in [1.165, 1.54) is 16.2 Å². The van der Waals surface area contributed by atoms with Crippen molar-refractivity contribution in [2.75, 3.05) is 38.0 Å². The first kappa shape index (κ1) is 23.5. The number of hydrogen-bond acceptors (Lipinski definition) is 5. The smallest absolute Gasteiger partial charge is 0.251 e. The molecule has 1 aromatic heterocycles. The minimum atomic E-state index is -0.455. The van der Waals surface area contributed by atoms with Gasteiger partial charge in [-0.05, 0) is 48.4 Å². The third-order valence-corrected chi connectivity index (χ3v) is 8.14. The molecule has 1 aliphatic heterocycles. The van der Waals surface area contributed by atoms with Crippen molar-refractivity contribution in [3.05, 3.63) is 49.8 Å². The number of nitrogens with two attached hydrogens (primary N) is 1. The Balaban J connectivity index is 1.31. The number of fused-ring (bicyclic) bond motifs is 1. The van der Waals surface area contributed by atoms with E-state index in [2.05, 4.69) is 22.0 Å². The van der Waals surface area contributed by atoms with Crippen LogP contribution in [0.25, 0.3) is 0 Å². The fraction of sp³-hybridized carbons (Fsp3) is 0.478. The molecule has 0 unspecified atom stereocenters. The van der Waals surface area contributed by atoms with Gasteiger partial charge in [0.2, 0.25) is 5.91 Å². The van der Waals surface area contributed by atoms with Crippen LogP contribution < -0.4 is 11.1 Å². The zero-order valence-electron chi connectivity index (χ0n) is 18.1. The lowest BCUT2D eigenvalue weighted by molar-refractivity contribution is -0.117. The summed E-state index contributed by atoms with van der Waals surface area (Å²) in [4.78, 5) is 30.5. The largest absolute Gasteiger partial charge is 0.365 e. The number of nitrogens with zero attached hydrogens (tertiary/aromatic N) is 2. The topological polar surface area (TPSA) is 78.7 Å². The number of primary amides is 1. The van der Waals surface area contributed by atoms with E-state index in [9.17, 15) is 9.59 Å². The Morgan fingerprint density at radius 2 is 1.88 bits per heavy atom. The fourth-order valence-electron chi connectivity index (χ4n) is 4.47. The Morgan fingerprint density at radius 3 is 2.56 bits per heavy atom. The molecule has 172 valence electrons. The van der Waals surface area contributed by atoms with Crippen LogP contribution in [0.1, 0.15) is 39.7 Å². The van der Waals surface area contributed by atoms with Gasteiger partial charge in [-0.2, -0.15) is 0 Å². The molecule has 9 heteroatoms. The fourth-order valence-corrected chi connectivity index (χ4v) is 6.22. The molecule has 2 aliphatic rings. The van der Waals surface area contributed by atoms with Crippen LogP contribution in [0.3, 0.4) is 0 Å². The summed E-state index contributed by atoms with van der Waals surface area (Å²) in [5, 5.41) is 4.71. The van der Waals surface area contributed by atoms with Crippen LogP contribution in [0.5, 0.6) is 0 Å². The Labute approximate surface area is 202 Å². The number of anilines is 1. The summed E-state index contributed by atoms with van der Waals surface area (Å²) in [6.07, 6.45) is 2.84. The summed E-state index contributed by atoms with van der Waals surface area (Å²) in [6.45, 7) is 6.66. The SMILES string of the molecule is C[C@H]1CCc2c(sc(NC(=O)CN3CCN(Cc4ccc(Cl)c(Cl)c4)CC3)c2C(N)=O)C1. The molecule has 1 saturated heterocycles. The van der Waals surface area contributed by atoms with Gasteiger partial charge in [0, 0.05) is 37.6 Å². The monoisotopic (exact) mass is 494 g/mol. The average molecular weight is 495 g/mol. The summed E-state index contributed by atoms with van der Waals surface area (Å²) >= 11 is 13.6. The number of benzene rings is 1. The van der Waals surface area contributed by atoms with Gasteiger partial charge in [-0.1, -0.05) is 36.2 Å². The number of carbonyl (C=O) groups excluding carboxylic acids is 2. The second-order valence-electron chi connectivity index (χ2n) is 8.77. The normalized spacial score (nSPS) is 19.5. The lowest BCUT2D eigenvalue weighted by atomic mass is 9.88. The highest BCUT2D eigenvalue weighted by Gasteiger charge is 2.28. The molecule has 1 aromatic carbocycles. The number of thiophene rings is 1. The summed E-state index contributed by atoms with van der Waals surface area (Å²) in [6, 6.07) is 5.72. The van der Waals surface area contributed by atoms with E-state index in [0.29, 0.717) is 33.1 Å². The Bertz CT molecular complexity index is 1020. The molecule has 3 N–H and O–H groups in total. The third-order valence-electron chi connectivity index (χ3n) is 6.23. The molecule has 1 atom stereocenters. The summed E-state index contributed by atoms with van der Waals surface area (Å²) in [5.41, 5.74) is 8.33. The number of amides is 2. The number of carbonyl (C=O) groups is 2. The van der Waals surface area contributed by atoms with Crippen LogP contribution in [0.4, 0.5) is 5.00 Å². The van der Waals surface area contributed by atoms with Gasteiger partial charge in [0.15, 0.2) is 0 Å². The molecule has 0 bridgehead atoms. The number of hydrogen-bond donors (Lipinski definition) is 2. The predicted octanol–water partition coefficient (Wildman–Crippen LogP) is 4.03. The van der Waals surface area contributed by atoms with Gasteiger partial charge in [0.1, 0.15) is 5.00 Å². The van der Waals surface area contributed by atoms with Gasteiger partial charge in [0.25, 0.3) is 5.91 Å². The minimum absolute atomic E-state index is 0.0999. The van der Waals surface area contributed by atoms with Crippen molar-refractivity contribution in [2.45, 2.75) is 32.7 Å². The number of rotatable bonds is 6. The van der Waals surface area contributed by atoms with Crippen molar-refractivity contribution >= 4 is 51.4 Å². The van der Waals surface area contributed by atoms with Gasteiger partial charge in [-0.25, -0.2) is 0 Å². The first-order chi connectivity index (χ1) is 15.3. The van der Waals surface area contributed by atoms with E-state index in [-0.39, 0.29) is 5.91 Å². The molecule has 32 heavy (non-hydrogen) atoms. The van der Waals surface area contributed by atoms with Crippen LogP contribution in [-0.2, 0) is 24.2 Å². The quantitative estimate of drug-likeness (QED) is 0.634. The molecular formula is C23H28Cl2N4O2S. The van der Waals surface area contributed by atoms with Crippen molar-refractivity contribution in [1.82, 2.24) is 9.80 Å². The third kappa shape index (κ3) is 5.46. The van der Waals surface area contributed by atoms with E-state index in [1.807, 2.05) is 18.2 Å². The maximum absolute atomic E-state index is 12.7. The van der Waals surface area contributed by atoms with Gasteiger partial charge < -0.3 is 11.1 Å².